The van der Waals surface area contributed by atoms with E-state index in [0.29, 0.717) is 36.9 Å². The first-order chi connectivity index (χ1) is 12.3. The normalized spacial score (nSPS) is 20.3. The van der Waals surface area contributed by atoms with Gasteiger partial charge >= 0.3 is 0 Å². The molecule has 2 atom stereocenters. The molecule has 1 fully saturated rings. The predicted octanol–water partition coefficient (Wildman–Crippen LogP) is 1.09. The maximum Gasteiger partial charge on any atom is 0.272 e. The SMILES string of the molecule is O=C(N[C@@H]1CCOC[C@H]1Oc1ccccn1)c1cc2ncccn2n1. The highest BCUT2D eigenvalue weighted by Gasteiger charge is 2.30. The first-order valence-corrected chi connectivity index (χ1v) is 8.06. The van der Waals surface area contributed by atoms with E-state index in [2.05, 4.69) is 20.4 Å². The monoisotopic (exact) mass is 339 g/mol. The lowest BCUT2D eigenvalue weighted by Gasteiger charge is -2.31. The Balaban J connectivity index is 1.48. The fourth-order valence-electron chi connectivity index (χ4n) is 2.75. The van der Waals surface area contributed by atoms with Crippen molar-refractivity contribution in [3.8, 4) is 5.88 Å². The van der Waals surface area contributed by atoms with Crippen LogP contribution in [0.15, 0.2) is 48.9 Å². The van der Waals surface area contributed by atoms with Gasteiger partial charge in [0.1, 0.15) is 6.10 Å². The first kappa shape index (κ1) is 15.5. The summed E-state index contributed by atoms with van der Waals surface area (Å²) in [7, 11) is 0. The highest BCUT2D eigenvalue weighted by Crippen LogP contribution is 2.16. The minimum Gasteiger partial charge on any atom is -0.470 e. The number of nitrogens with zero attached hydrogens (tertiary/aromatic N) is 4. The van der Waals surface area contributed by atoms with Crippen LogP contribution in [0.5, 0.6) is 5.88 Å². The van der Waals surface area contributed by atoms with Gasteiger partial charge in [0.15, 0.2) is 11.3 Å². The second-order valence-corrected chi connectivity index (χ2v) is 5.72. The van der Waals surface area contributed by atoms with E-state index in [-0.39, 0.29) is 18.1 Å². The van der Waals surface area contributed by atoms with Gasteiger partial charge in [0.2, 0.25) is 5.88 Å². The van der Waals surface area contributed by atoms with Crippen LogP contribution >= 0.6 is 0 Å². The average molecular weight is 339 g/mol. The number of fused-ring (bicyclic) bond motifs is 1. The molecule has 0 aliphatic carbocycles. The quantitative estimate of drug-likeness (QED) is 0.765. The number of amides is 1. The molecular formula is C17H17N5O3. The van der Waals surface area contributed by atoms with Gasteiger partial charge in [-0.05, 0) is 18.6 Å². The van der Waals surface area contributed by atoms with E-state index >= 15 is 0 Å². The van der Waals surface area contributed by atoms with Crippen molar-refractivity contribution in [3.05, 3.63) is 54.6 Å². The molecule has 25 heavy (non-hydrogen) atoms. The van der Waals surface area contributed by atoms with Crippen molar-refractivity contribution in [2.24, 2.45) is 0 Å². The van der Waals surface area contributed by atoms with Crippen molar-refractivity contribution in [2.75, 3.05) is 13.2 Å². The van der Waals surface area contributed by atoms with Gasteiger partial charge in [-0.1, -0.05) is 6.07 Å². The zero-order valence-corrected chi connectivity index (χ0v) is 13.4. The molecule has 1 amide bonds. The van der Waals surface area contributed by atoms with E-state index in [4.69, 9.17) is 9.47 Å². The van der Waals surface area contributed by atoms with Gasteiger partial charge in [0.05, 0.1) is 12.6 Å². The van der Waals surface area contributed by atoms with Crippen LogP contribution in [-0.2, 0) is 4.74 Å². The number of carbonyl (C=O) groups excluding carboxylic acids is 1. The standard InChI is InChI=1S/C17H17N5O3/c23-17(13-10-15-18-7-3-8-22(15)21-13)20-12-5-9-24-11-14(12)25-16-4-1-2-6-19-16/h1-4,6-8,10,12,14H,5,9,11H2,(H,20,23)/t12-,14-/m1/s1. The zero-order valence-electron chi connectivity index (χ0n) is 13.4. The third-order valence-corrected chi connectivity index (χ3v) is 4.00. The Morgan fingerprint density at radius 3 is 3.04 bits per heavy atom. The van der Waals surface area contributed by atoms with E-state index in [1.54, 1.807) is 41.3 Å². The van der Waals surface area contributed by atoms with Crippen LogP contribution in [0.1, 0.15) is 16.9 Å². The van der Waals surface area contributed by atoms with Crippen molar-refractivity contribution in [2.45, 2.75) is 18.6 Å². The topological polar surface area (TPSA) is 90.6 Å². The molecule has 8 nitrogen and oxygen atoms in total. The van der Waals surface area contributed by atoms with Crippen molar-refractivity contribution in [1.82, 2.24) is 24.9 Å². The van der Waals surface area contributed by atoms with Crippen molar-refractivity contribution in [3.63, 3.8) is 0 Å². The number of carbonyl (C=O) groups is 1. The summed E-state index contributed by atoms with van der Waals surface area (Å²) in [6.45, 7) is 0.966. The molecule has 1 saturated heterocycles. The van der Waals surface area contributed by atoms with Gasteiger partial charge in [0, 0.05) is 37.3 Å². The maximum atomic E-state index is 12.6. The van der Waals surface area contributed by atoms with E-state index in [1.165, 1.54) is 0 Å². The summed E-state index contributed by atoms with van der Waals surface area (Å²) < 4.78 is 12.9. The Morgan fingerprint density at radius 1 is 1.28 bits per heavy atom. The van der Waals surface area contributed by atoms with Crippen molar-refractivity contribution >= 4 is 11.6 Å². The molecule has 4 rings (SSSR count). The highest BCUT2D eigenvalue weighted by molar-refractivity contribution is 5.93. The highest BCUT2D eigenvalue weighted by atomic mass is 16.5. The third-order valence-electron chi connectivity index (χ3n) is 4.00. The summed E-state index contributed by atoms with van der Waals surface area (Å²) in [4.78, 5) is 20.9. The van der Waals surface area contributed by atoms with Gasteiger partial charge in [-0.3, -0.25) is 4.79 Å². The van der Waals surface area contributed by atoms with Gasteiger partial charge in [0.25, 0.3) is 5.91 Å². The second kappa shape index (κ2) is 6.86. The van der Waals surface area contributed by atoms with Gasteiger partial charge < -0.3 is 14.8 Å². The molecule has 3 aromatic rings. The molecule has 0 saturated carbocycles. The van der Waals surface area contributed by atoms with Gasteiger partial charge in [-0.25, -0.2) is 14.5 Å². The Bertz CT molecular complexity index is 834. The van der Waals surface area contributed by atoms with Crippen LogP contribution in [0, 0.1) is 0 Å². The van der Waals surface area contributed by atoms with Crippen LogP contribution < -0.4 is 10.1 Å². The Hall–Kier alpha value is -3.00. The number of hydrogen-bond donors (Lipinski definition) is 1. The summed E-state index contributed by atoms with van der Waals surface area (Å²) >= 11 is 0. The van der Waals surface area contributed by atoms with Gasteiger partial charge in [-0.2, -0.15) is 5.10 Å². The largest absolute Gasteiger partial charge is 0.470 e. The molecule has 0 bridgehead atoms. The van der Waals surface area contributed by atoms with E-state index < -0.39 is 0 Å². The van der Waals surface area contributed by atoms with Crippen molar-refractivity contribution < 1.29 is 14.3 Å². The van der Waals surface area contributed by atoms with E-state index in [9.17, 15) is 4.79 Å². The minimum atomic E-state index is -0.303. The summed E-state index contributed by atoms with van der Waals surface area (Å²) in [5, 5.41) is 7.24. The zero-order chi connectivity index (χ0) is 17.1. The Morgan fingerprint density at radius 2 is 2.20 bits per heavy atom. The summed E-state index contributed by atoms with van der Waals surface area (Å²) in [5.41, 5.74) is 0.947. The summed E-state index contributed by atoms with van der Waals surface area (Å²) in [5.74, 6) is 0.251. The molecule has 8 heteroatoms. The van der Waals surface area contributed by atoms with E-state index in [1.807, 2.05) is 12.1 Å². The lowest BCUT2D eigenvalue weighted by atomic mass is 10.1. The fourth-order valence-corrected chi connectivity index (χ4v) is 2.75. The molecule has 1 aliphatic rings. The Labute approximate surface area is 143 Å². The molecule has 0 radical (unpaired) electrons. The van der Waals surface area contributed by atoms with Crippen LogP contribution in [0.3, 0.4) is 0 Å². The van der Waals surface area contributed by atoms with Crippen LogP contribution in [-0.4, -0.2) is 50.8 Å². The number of hydrogen-bond acceptors (Lipinski definition) is 6. The minimum absolute atomic E-state index is 0.180. The lowest BCUT2D eigenvalue weighted by molar-refractivity contribution is -0.0153. The first-order valence-electron chi connectivity index (χ1n) is 8.06. The second-order valence-electron chi connectivity index (χ2n) is 5.72. The molecule has 0 unspecified atom stereocenters. The third kappa shape index (κ3) is 3.43. The predicted molar refractivity (Wildman–Crippen MR) is 88.3 cm³/mol. The van der Waals surface area contributed by atoms with Gasteiger partial charge in [-0.15, -0.1) is 0 Å². The molecule has 0 aromatic carbocycles. The van der Waals surface area contributed by atoms with Crippen LogP contribution in [0.4, 0.5) is 0 Å². The smallest absolute Gasteiger partial charge is 0.272 e. The van der Waals surface area contributed by atoms with Crippen LogP contribution in [0.2, 0.25) is 0 Å². The lowest BCUT2D eigenvalue weighted by Crippen LogP contribution is -2.51. The number of rotatable bonds is 4. The fraction of sp³-hybridized carbons (Fsp3) is 0.294. The van der Waals surface area contributed by atoms with Crippen molar-refractivity contribution in [1.29, 1.82) is 0 Å². The molecule has 1 aliphatic heterocycles. The molecule has 1 N–H and O–H groups in total. The number of aromatic nitrogens is 4. The molecule has 128 valence electrons. The molecule has 0 spiro atoms. The number of pyridine rings is 1. The number of nitrogens with one attached hydrogen (secondary N) is 1. The number of ether oxygens (including phenoxy) is 2. The summed E-state index contributed by atoms with van der Waals surface area (Å²) in [6.07, 6.45) is 5.43. The molecule has 3 aromatic heterocycles. The average Bonchev–Trinajstić information content (AvgIpc) is 3.09. The van der Waals surface area contributed by atoms with E-state index in [0.717, 1.165) is 0 Å². The van der Waals surface area contributed by atoms with Crippen LogP contribution in [0.25, 0.3) is 5.65 Å². The molecule has 4 heterocycles. The summed E-state index contributed by atoms with van der Waals surface area (Å²) in [6, 6.07) is 8.69. The maximum absolute atomic E-state index is 12.6. The molecular weight excluding hydrogens is 322 g/mol. The Kier molecular flexibility index (Phi) is 4.26.